The standard InChI is InChI=1S/C24H27NO9S/c1-13(26)31-11-21-22(35-15-5-7-17(29-2)19(9-15)30-3)10-16(27)24(34-21)25-23(28)14-4-6-18-20(8-14)33-12-32-18/h4-9,16,21-22,24,27H,10-12H2,1-3H3,(H,25,28)/t16?,21-,22?,24-/m1/s1. The van der Waals surface area contributed by atoms with Crippen LogP contribution in [0, 0.1) is 0 Å². The van der Waals surface area contributed by atoms with Gasteiger partial charge in [0.05, 0.1) is 20.3 Å². The minimum atomic E-state index is -0.990. The Hall–Kier alpha value is -3.15. The molecule has 2 N–H and O–H groups in total. The molecule has 0 radical (unpaired) electrons. The van der Waals surface area contributed by atoms with Gasteiger partial charge in [0.2, 0.25) is 6.79 Å². The number of ether oxygens (including phenoxy) is 6. The third-order valence-corrected chi connectivity index (χ3v) is 6.89. The molecule has 0 saturated carbocycles. The van der Waals surface area contributed by atoms with Gasteiger partial charge in [0.1, 0.15) is 12.7 Å². The average molecular weight is 506 g/mol. The zero-order valence-corrected chi connectivity index (χ0v) is 20.3. The lowest BCUT2D eigenvalue weighted by molar-refractivity contribution is -0.160. The van der Waals surface area contributed by atoms with Crippen LogP contribution in [-0.4, -0.2) is 68.3 Å². The van der Waals surface area contributed by atoms with Crippen LogP contribution in [0.1, 0.15) is 23.7 Å². The lowest BCUT2D eigenvalue weighted by atomic mass is 10.0. The SMILES string of the molecule is COc1ccc(SC2CC(O)[C@H](NC(=O)c3ccc4c(c3)OCO4)O[C@@H]2COC(C)=O)cc1OC. The number of carbonyl (C=O) groups excluding carboxylic acids is 2. The molecular weight excluding hydrogens is 478 g/mol. The summed E-state index contributed by atoms with van der Waals surface area (Å²) >= 11 is 1.45. The Kier molecular flexibility index (Phi) is 7.89. The minimum Gasteiger partial charge on any atom is -0.493 e. The molecule has 4 atom stereocenters. The molecule has 2 unspecified atom stereocenters. The van der Waals surface area contributed by atoms with Gasteiger partial charge in [0.15, 0.2) is 29.2 Å². The molecule has 0 aromatic heterocycles. The summed E-state index contributed by atoms with van der Waals surface area (Å²) in [5.74, 6) is 1.31. The number of carbonyl (C=O) groups is 2. The summed E-state index contributed by atoms with van der Waals surface area (Å²) < 4.78 is 32.5. The quantitative estimate of drug-likeness (QED) is 0.517. The Morgan fingerprint density at radius 3 is 2.60 bits per heavy atom. The van der Waals surface area contributed by atoms with E-state index in [0.29, 0.717) is 28.6 Å². The van der Waals surface area contributed by atoms with Gasteiger partial charge in [-0.1, -0.05) is 0 Å². The molecule has 188 valence electrons. The van der Waals surface area contributed by atoms with Gasteiger partial charge in [-0.2, -0.15) is 0 Å². The molecule has 1 fully saturated rings. The third kappa shape index (κ3) is 5.92. The van der Waals surface area contributed by atoms with Gasteiger partial charge >= 0.3 is 5.97 Å². The Morgan fingerprint density at radius 2 is 1.86 bits per heavy atom. The van der Waals surface area contributed by atoms with Gasteiger partial charge in [-0.15, -0.1) is 11.8 Å². The number of benzene rings is 2. The van der Waals surface area contributed by atoms with E-state index in [0.717, 1.165) is 4.90 Å². The van der Waals surface area contributed by atoms with E-state index in [1.807, 2.05) is 12.1 Å². The molecule has 4 rings (SSSR count). The van der Waals surface area contributed by atoms with Crippen molar-refractivity contribution in [3.8, 4) is 23.0 Å². The topological polar surface area (TPSA) is 122 Å². The summed E-state index contributed by atoms with van der Waals surface area (Å²) in [7, 11) is 3.11. The normalized spacial score (nSPS) is 22.9. The minimum absolute atomic E-state index is 0.0244. The maximum absolute atomic E-state index is 12.8. The van der Waals surface area contributed by atoms with Gasteiger partial charge in [-0.25, -0.2) is 0 Å². The van der Waals surface area contributed by atoms with Crippen molar-refractivity contribution < 1.29 is 43.1 Å². The fourth-order valence-corrected chi connectivity index (χ4v) is 5.05. The fraction of sp³-hybridized carbons (Fsp3) is 0.417. The predicted molar refractivity (Wildman–Crippen MR) is 125 cm³/mol. The molecule has 10 nitrogen and oxygen atoms in total. The molecule has 1 saturated heterocycles. The van der Waals surface area contributed by atoms with Crippen molar-refractivity contribution in [2.24, 2.45) is 0 Å². The largest absolute Gasteiger partial charge is 0.493 e. The summed E-state index contributed by atoms with van der Waals surface area (Å²) in [5, 5.41) is 13.3. The van der Waals surface area contributed by atoms with Gasteiger partial charge in [-0.3, -0.25) is 9.59 Å². The molecule has 1 amide bonds. The van der Waals surface area contributed by atoms with E-state index < -0.39 is 30.3 Å². The number of hydrogen-bond acceptors (Lipinski definition) is 10. The van der Waals surface area contributed by atoms with E-state index in [2.05, 4.69) is 5.32 Å². The predicted octanol–water partition coefficient (Wildman–Crippen LogP) is 2.36. The Balaban J connectivity index is 1.46. The van der Waals surface area contributed by atoms with Crippen molar-refractivity contribution in [1.82, 2.24) is 5.32 Å². The number of thioether (sulfide) groups is 1. The number of aliphatic hydroxyl groups is 1. The van der Waals surface area contributed by atoms with Gasteiger partial charge in [0.25, 0.3) is 5.91 Å². The Labute approximate surface area is 206 Å². The van der Waals surface area contributed by atoms with Crippen LogP contribution >= 0.6 is 11.8 Å². The third-order valence-electron chi connectivity index (χ3n) is 5.56. The average Bonchev–Trinajstić information content (AvgIpc) is 3.32. The fourth-order valence-electron chi connectivity index (χ4n) is 3.80. The van der Waals surface area contributed by atoms with Gasteiger partial charge in [-0.05, 0) is 42.8 Å². The highest BCUT2D eigenvalue weighted by Crippen LogP contribution is 2.38. The summed E-state index contributed by atoms with van der Waals surface area (Å²) in [4.78, 5) is 25.1. The van der Waals surface area contributed by atoms with E-state index in [1.54, 1.807) is 38.5 Å². The van der Waals surface area contributed by atoms with Crippen LogP contribution in [-0.2, 0) is 14.3 Å². The molecule has 2 aromatic carbocycles. The first-order chi connectivity index (χ1) is 16.9. The Bertz CT molecular complexity index is 1080. The van der Waals surface area contributed by atoms with Crippen molar-refractivity contribution in [1.29, 1.82) is 0 Å². The second-order valence-corrected chi connectivity index (χ2v) is 9.23. The number of amides is 1. The number of hydrogen-bond donors (Lipinski definition) is 2. The zero-order chi connectivity index (χ0) is 24.9. The van der Waals surface area contributed by atoms with Crippen LogP contribution in [0.15, 0.2) is 41.3 Å². The lowest BCUT2D eigenvalue weighted by Crippen LogP contribution is -2.55. The van der Waals surface area contributed by atoms with Crippen molar-refractivity contribution in [2.45, 2.75) is 41.9 Å². The molecule has 11 heteroatoms. The number of rotatable bonds is 8. The summed E-state index contributed by atoms with van der Waals surface area (Å²) in [6.07, 6.45) is -2.27. The molecule has 2 aliphatic heterocycles. The first-order valence-corrected chi connectivity index (χ1v) is 11.8. The number of methoxy groups -OCH3 is 2. The first kappa shape index (κ1) is 25.0. The highest BCUT2D eigenvalue weighted by molar-refractivity contribution is 8.00. The smallest absolute Gasteiger partial charge is 0.302 e. The van der Waals surface area contributed by atoms with Crippen LogP contribution in [0.5, 0.6) is 23.0 Å². The van der Waals surface area contributed by atoms with Crippen LogP contribution < -0.4 is 24.3 Å². The maximum atomic E-state index is 12.8. The highest BCUT2D eigenvalue weighted by atomic mass is 32.2. The van der Waals surface area contributed by atoms with Crippen LogP contribution in [0.4, 0.5) is 0 Å². The molecule has 2 heterocycles. The summed E-state index contributed by atoms with van der Waals surface area (Å²) in [6, 6.07) is 10.3. The van der Waals surface area contributed by atoms with Crippen molar-refractivity contribution in [3.63, 3.8) is 0 Å². The van der Waals surface area contributed by atoms with E-state index in [9.17, 15) is 14.7 Å². The monoisotopic (exact) mass is 505 g/mol. The summed E-state index contributed by atoms with van der Waals surface area (Å²) in [5.41, 5.74) is 0.336. The molecule has 0 bridgehead atoms. The van der Waals surface area contributed by atoms with Crippen LogP contribution in [0.25, 0.3) is 0 Å². The number of fused-ring (bicyclic) bond motifs is 1. The van der Waals surface area contributed by atoms with Gasteiger partial charge in [0, 0.05) is 22.6 Å². The van der Waals surface area contributed by atoms with Crippen molar-refractivity contribution >= 4 is 23.6 Å². The van der Waals surface area contributed by atoms with Crippen LogP contribution in [0.3, 0.4) is 0 Å². The Morgan fingerprint density at radius 1 is 1.09 bits per heavy atom. The van der Waals surface area contributed by atoms with E-state index in [4.69, 9.17) is 28.4 Å². The molecule has 0 aliphatic carbocycles. The van der Waals surface area contributed by atoms with E-state index in [-0.39, 0.29) is 25.1 Å². The maximum Gasteiger partial charge on any atom is 0.302 e. The molecule has 2 aliphatic rings. The molecular formula is C24H27NO9S. The molecule has 2 aromatic rings. The second kappa shape index (κ2) is 11.1. The van der Waals surface area contributed by atoms with Crippen molar-refractivity contribution in [2.75, 3.05) is 27.6 Å². The van der Waals surface area contributed by atoms with E-state index in [1.165, 1.54) is 18.7 Å². The second-order valence-electron chi connectivity index (χ2n) is 7.92. The van der Waals surface area contributed by atoms with Crippen molar-refractivity contribution in [3.05, 3.63) is 42.0 Å². The lowest BCUT2D eigenvalue weighted by Gasteiger charge is -2.39. The molecule has 35 heavy (non-hydrogen) atoms. The number of aliphatic hydroxyl groups excluding tert-OH is 1. The van der Waals surface area contributed by atoms with E-state index >= 15 is 0 Å². The summed E-state index contributed by atoms with van der Waals surface area (Å²) in [6.45, 7) is 1.39. The molecule has 0 spiro atoms. The van der Waals surface area contributed by atoms with Crippen LogP contribution in [0.2, 0.25) is 0 Å². The highest BCUT2D eigenvalue weighted by Gasteiger charge is 2.39. The zero-order valence-electron chi connectivity index (χ0n) is 19.5. The van der Waals surface area contributed by atoms with Gasteiger partial charge < -0.3 is 38.8 Å². The number of esters is 1. The number of nitrogens with one attached hydrogen (secondary N) is 1. The first-order valence-electron chi connectivity index (χ1n) is 10.9.